The van der Waals surface area contributed by atoms with Crippen LogP contribution >= 0.6 is 0 Å². The van der Waals surface area contributed by atoms with Crippen molar-refractivity contribution >= 4 is 23.9 Å². The van der Waals surface area contributed by atoms with Crippen molar-refractivity contribution in [1.82, 2.24) is 0 Å². The summed E-state index contributed by atoms with van der Waals surface area (Å²) in [5, 5.41) is 0. The first-order valence-corrected chi connectivity index (χ1v) is 16.6. The van der Waals surface area contributed by atoms with Gasteiger partial charge >= 0.3 is 23.9 Å². The Balaban J connectivity index is 1.39. The zero-order chi connectivity index (χ0) is 37.0. The molecule has 0 aromatic heterocycles. The second-order valence-corrected chi connectivity index (χ2v) is 11.4. The van der Waals surface area contributed by atoms with Crippen molar-refractivity contribution in [2.45, 2.75) is 58.3 Å². The number of carbonyl (C=O) groups is 4. The maximum Gasteiger partial charge on any atom is 0.343 e. The normalized spacial score (nSPS) is 10.5. The molecule has 10 nitrogen and oxygen atoms in total. The molecule has 0 aliphatic carbocycles. The van der Waals surface area contributed by atoms with E-state index < -0.39 is 47.0 Å². The molecule has 0 fully saturated rings. The lowest BCUT2D eigenvalue weighted by molar-refractivity contribution is -0.139. The fourth-order valence-corrected chi connectivity index (χ4v) is 4.40. The highest BCUT2D eigenvalue weighted by molar-refractivity contribution is 5.92. The SMILES string of the molecule is C=CC(=O)OCCCCCCOc1ccc(C(=O)Oc2c(F)cc(OC(=O)c3ccc(OCCCCCCOC(=O)C(=C)C)cc3)cc2F)cc1. The molecule has 51 heavy (non-hydrogen) atoms. The summed E-state index contributed by atoms with van der Waals surface area (Å²) in [4.78, 5) is 47.5. The number of hydrogen-bond donors (Lipinski definition) is 0. The van der Waals surface area contributed by atoms with Crippen LogP contribution in [0.5, 0.6) is 23.0 Å². The van der Waals surface area contributed by atoms with Gasteiger partial charge in [-0.15, -0.1) is 0 Å². The molecule has 3 aromatic rings. The zero-order valence-electron chi connectivity index (χ0n) is 28.6. The third kappa shape index (κ3) is 14.5. The van der Waals surface area contributed by atoms with Crippen LogP contribution in [0.3, 0.4) is 0 Å². The predicted molar refractivity (Wildman–Crippen MR) is 184 cm³/mol. The average Bonchev–Trinajstić information content (AvgIpc) is 3.12. The summed E-state index contributed by atoms with van der Waals surface area (Å²) >= 11 is 0. The highest BCUT2D eigenvalue weighted by Crippen LogP contribution is 2.29. The van der Waals surface area contributed by atoms with Crippen molar-refractivity contribution in [3.05, 3.63) is 108 Å². The van der Waals surface area contributed by atoms with Crippen molar-refractivity contribution in [3.63, 3.8) is 0 Å². The standard InChI is InChI=1S/C39H42F2O10/c1-4-35(42)48-23-11-7-5-9-21-47-31-19-15-29(16-20-31)39(45)51-36-33(40)25-32(26-34(36)41)50-38(44)28-13-17-30(18-14-28)46-22-10-6-8-12-24-49-37(43)27(2)3/h4,13-20,25-26H,1-2,5-12,21-24H2,3H3. The van der Waals surface area contributed by atoms with Crippen molar-refractivity contribution in [1.29, 1.82) is 0 Å². The Kier molecular flexibility index (Phi) is 16.9. The second-order valence-electron chi connectivity index (χ2n) is 11.4. The van der Waals surface area contributed by atoms with Crippen LogP contribution in [0.4, 0.5) is 8.78 Å². The summed E-state index contributed by atoms with van der Waals surface area (Å²) in [6.45, 7) is 10.0. The Morgan fingerprint density at radius 2 is 1.04 bits per heavy atom. The molecule has 3 aromatic carbocycles. The Labute approximate surface area is 295 Å². The molecule has 0 amide bonds. The van der Waals surface area contributed by atoms with Crippen molar-refractivity contribution in [2.24, 2.45) is 0 Å². The van der Waals surface area contributed by atoms with E-state index >= 15 is 0 Å². The first kappa shape index (κ1) is 39.9. The van der Waals surface area contributed by atoms with Crippen LogP contribution in [-0.2, 0) is 19.1 Å². The average molecular weight is 709 g/mol. The molecule has 0 unspecified atom stereocenters. The van der Waals surface area contributed by atoms with Crippen LogP contribution in [-0.4, -0.2) is 50.3 Å². The summed E-state index contributed by atoms with van der Waals surface area (Å²) in [6.07, 6.45) is 7.64. The summed E-state index contributed by atoms with van der Waals surface area (Å²) in [5.41, 5.74) is 0.533. The van der Waals surface area contributed by atoms with Crippen LogP contribution in [0.1, 0.15) is 79.0 Å². The van der Waals surface area contributed by atoms with Gasteiger partial charge in [-0.3, -0.25) is 0 Å². The molecule has 0 radical (unpaired) electrons. The molecule has 0 N–H and O–H groups in total. The molecular weight excluding hydrogens is 666 g/mol. The van der Waals surface area contributed by atoms with E-state index in [9.17, 15) is 28.0 Å². The second kappa shape index (κ2) is 21.5. The molecule has 0 atom stereocenters. The van der Waals surface area contributed by atoms with Gasteiger partial charge < -0.3 is 28.4 Å². The van der Waals surface area contributed by atoms with Gasteiger partial charge in [0.15, 0.2) is 11.6 Å². The monoisotopic (exact) mass is 708 g/mol. The molecule has 0 saturated carbocycles. The predicted octanol–water partition coefficient (Wildman–Crippen LogP) is 8.13. The number of rotatable bonds is 22. The lowest BCUT2D eigenvalue weighted by Gasteiger charge is -2.11. The van der Waals surface area contributed by atoms with E-state index in [2.05, 4.69) is 13.2 Å². The van der Waals surface area contributed by atoms with Gasteiger partial charge in [0.25, 0.3) is 0 Å². The lowest BCUT2D eigenvalue weighted by atomic mass is 10.2. The number of hydrogen-bond acceptors (Lipinski definition) is 10. The van der Waals surface area contributed by atoms with E-state index in [4.69, 9.17) is 28.4 Å². The number of benzene rings is 3. The molecule has 0 bridgehead atoms. The largest absolute Gasteiger partial charge is 0.494 e. The van der Waals surface area contributed by atoms with E-state index in [0.29, 0.717) is 43.5 Å². The number of unbranched alkanes of at least 4 members (excludes halogenated alkanes) is 6. The molecule has 0 aliphatic rings. The minimum absolute atomic E-state index is 0.0389. The molecule has 0 heterocycles. The topological polar surface area (TPSA) is 124 Å². The molecule has 0 aliphatic heterocycles. The van der Waals surface area contributed by atoms with Gasteiger partial charge in [0, 0.05) is 23.8 Å². The number of carbonyl (C=O) groups excluding carboxylic acids is 4. The number of esters is 4. The van der Waals surface area contributed by atoms with Crippen molar-refractivity contribution in [3.8, 4) is 23.0 Å². The summed E-state index contributed by atoms with van der Waals surface area (Å²) < 4.78 is 61.0. The molecule has 0 saturated heterocycles. The fourth-order valence-electron chi connectivity index (χ4n) is 4.40. The Morgan fingerprint density at radius 3 is 1.49 bits per heavy atom. The zero-order valence-corrected chi connectivity index (χ0v) is 28.6. The van der Waals surface area contributed by atoms with Gasteiger partial charge in [-0.1, -0.05) is 13.2 Å². The minimum Gasteiger partial charge on any atom is -0.494 e. The fraction of sp³-hybridized carbons (Fsp3) is 0.333. The first-order chi connectivity index (χ1) is 24.6. The third-order valence-electron chi connectivity index (χ3n) is 7.16. The number of ether oxygens (including phenoxy) is 6. The van der Waals surface area contributed by atoms with Crippen LogP contribution in [0, 0.1) is 11.6 Å². The first-order valence-electron chi connectivity index (χ1n) is 16.6. The van der Waals surface area contributed by atoms with Gasteiger partial charge in [-0.05, 0) is 107 Å². The van der Waals surface area contributed by atoms with E-state index in [-0.39, 0.29) is 11.1 Å². The molecule has 12 heteroatoms. The van der Waals surface area contributed by atoms with Gasteiger partial charge in [-0.2, -0.15) is 0 Å². The Morgan fingerprint density at radius 1 is 0.608 bits per heavy atom. The summed E-state index contributed by atoms with van der Waals surface area (Å²) in [7, 11) is 0. The minimum atomic E-state index is -1.23. The van der Waals surface area contributed by atoms with E-state index in [0.717, 1.165) is 69.6 Å². The maximum absolute atomic E-state index is 14.8. The van der Waals surface area contributed by atoms with Crippen molar-refractivity contribution in [2.75, 3.05) is 26.4 Å². The van der Waals surface area contributed by atoms with Crippen LogP contribution in [0.25, 0.3) is 0 Å². The Hall–Kier alpha value is -5.52. The van der Waals surface area contributed by atoms with Gasteiger partial charge in [0.05, 0.1) is 37.6 Å². The highest BCUT2D eigenvalue weighted by Gasteiger charge is 2.20. The van der Waals surface area contributed by atoms with Crippen LogP contribution in [0.2, 0.25) is 0 Å². The van der Waals surface area contributed by atoms with Crippen LogP contribution in [0.15, 0.2) is 85.5 Å². The lowest BCUT2D eigenvalue weighted by Crippen LogP contribution is -2.12. The maximum atomic E-state index is 14.8. The van der Waals surface area contributed by atoms with E-state index in [1.807, 2.05) is 0 Å². The van der Waals surface area contributed by atoms with Crippen LogP contribution < -0.4 is 18.9 Å². The Bertz CT molecular complexity index is 1610. The molecule has 272 valence electrons. The highest BCUT2D eigenvalue weighted by atomic mass is 19.1. The van der Waals surface area contributed by atoms with Gasteiger partial charge in [0.1, 0.15) is 17.2 Å². The van der Waals surface area contributed by atoms with E-state index in [1.54, 1.807) is 19.1 Å². The van der Waals surface area contributed by atoms with Gasteiger partial charge in [-0.25, -0.2) is 28.0 Å². The van der Waals surface area contributed by atoms with Crippen molar-refractivity contribution < 1.29 is 56.4 Å². The smallest absolute Gasteiger partial charge is 0.343 e. The quantitative estimate of drug-likeness (QED) is 0.0437. The number of halogens is 2. The summed E-state index contributed by atoms with van der Waals surface area (Å²) in [5.74, 6) is -5.48. The molecule has 3 rings (SSSR count). The third-order valence-corrected chi connectivity index (χ3v) is 7.16. The molecule has 0 spiro atoms. The van der Waals surface area contributed by atoms with E-state index in [1.165, 1.54) is 36.4 Å². The molecular formula is C39H42F2O10. The summed E-state index contributed by atoms with van der Waals surface area (Å²) in [6, 6.07) is 13.5. The van der Waals surface area contributed by atoms with Gasteiger partial charge in [0.2, 0.25) is 5.75 Å².